The molecule has 0 radical (unpaired) electrons. The Morgan fingerprint density at radius 3 is 2.38 bits per heavy atom. The molecule has 3 aliphatic heterocycles. The summed E-state index contributed by atoms with van der Waals surface area (Å²) >= 11 is 0. The van der Waals surface area contributed by atoms with Gasteiger partial charge >= 0.3 is 0 Å². The van der Waals surface area contributed by atoms with Crippen molar-refractivity contribution in [1.82, 2.24) is 10.2 Å². The van der Waals surface area contributed by atoms with Crippen LogP contribution >= 0.6 is 0 Å². The van der Waals surface area contributed by atoms with Crippen LogP contribution in [0.25, 0.3) is 0 Å². The van der Waals surface area contributed by atoms with Crippen molar-refractivity contribution in [3.63, 3.8) is 0 Å². The number of fused-ring (bicyclic) bond motifs is 2. The second-order valence-corrected chi connectivity index (χ2v) is 5.27. The highest BCUT2D eigenvalue weighted by Crippen LogP contribution is 2.34. The maximum atomic E-state index is 12.2. The van der Waals surface area contributed by atoms with Crippen LogP contribution in [0.2, 0.25) is 0 Å². The largest absolute Gasteiger partial charge is 0.388 e. The van der Waals surface area contributed by atoms with Crippen LogP contribution in [0.15, 0.2) is 0 Å². The van der Waals surface area contributed by atoms with Crippen LogP contribution in [0.3, 0.4) is 0 Å². The van der Waals surface area contributed by atoms with Gasteiger partial charge in [0.05, 0.1) is 18.1 Å². The molecule has 3 unspecified atom stereocenters. The molecular weight excluding hydrogens is 208 g/mol. The highest BCUT2D eigenvalue weighted by atomic mass is 16.3. The molecule has 0 saturated carbocycles. The predicted octanol–water partition coefficient (Wildman–Crippen LogP) is -1.31. The van der Waals surface area contributed by atoms with Gasteiger partial charge in [0.25, 0.3) is 0 Å². The van der Waals surface area contributed by atoms with Crippen molar-refractivity contribution in [2.45, 2.75) is 43.6 Å². The third-order valence-corrected chi connectivity index (χ3v) is 4.19. The number of β-amino-alcohol motifs (C(OH)–C–C–N with tert-alkyl or cyclic N) is 2. The molecular formula is C11H18N2O3. The number of amides is 1. The number of nitrogens with zero attached hydrogens (tertiary/aromatic N) is 1. The van der Waals surface area contributed by atoms with E-state index in [-0.39, 0.29) is 24.9 Å². The zero-order valence-electron chi connectivity index (χ0n) is 9.17. The van der Waals surface area contributed by atoms with Gasteiger partial charge in [-0.25, -0.2) is 0 Å². The molecule has 0 spiro atoms. The van der Waals surface area contributed by atoms with Crippen molar-refractivity contribution in [3.05, 3.63) is 0 Å². The first-order valence-corrected chi connectivity index (χ1v) is 6.06. The molecule has 5 nitrogen and oxygen atoms in total. The minimum Gasteiger partial charge on any atom is -0.388 e. The van der Waals surface area contributed by atoms with E-state index in [9.17, 15) is 15.0 Å². The summed E-state index contributed by atoms with van der Waals surface area (Å²) < 4.78 is 0. The van der Waals surface area contributed by atoms with Crippen molar-refractivity contribution in [3.8, 4) is 0 Å². The summed E-state index contributed by atoms with van der Waals surface area (Å²) in [5.74, 6) is 0.173. The van der Waals surface area contributed by atoms with E-state index in [4.69, 9.17) is 0 Å². The molecule has 0 aromatic carbocycles. The first-order valence-electron chi connectivity index (χ1n) is 6.06. The summed E-state index contributed by atoms with van der Waals surface area (Å²) in [5.41, 5.74) is 0. The minimum atomic E-state index is -0.768. The summed E-state index contributed by atoms with van der Waals surface area (Å²) in [7, 11) is 0. The van der Waals surface area contributed by atoms with Gasteiger partial charge in [0.1, 0.15) is 0 Å². The van der Waals surface area contributed by atoms with E-state index >= 15 is 0 Å². The molecule has 0 aromatic rings. The van der Waals surface area contributed by atoms with Gasteiger partial charge in [-0.3, -0.25) is 4.79 Å². The van der Waals surface area contributed by atoms with Crippen LogP contribution in [-0.2, 0) is 4.79 Å². The molecule has 3 rings (SSSR count). The highest BCUT2D eigenvalue weighted by Gasteiger charge is 2.45. The van der Waals surface area contributed by atoms with Crippen molar-refractivity contribution < 1.29 is 15.0 Å². The molecule has 3 N–H and O–H groups in total. The Kier molecular flexibility index (Phi) is 2.42. The van der Waals surface area contributed by atoms with E-state index in [2.05, 4.69) is 5.32 Å². The topological polar surface area (TPSA) is 72.8 Å². The lowest BCUT2D eigenvalue weighted by atomic mass is 9.88. The van der Waals surface area contributed by atoms with E-state index in [1.807, 2.05) is 0 Å². The predicted molar refractivity (Wildman–Crippen MR) is 56.6 cm³/mol. The number of rotatable bonds is 1. The lowest BCUT2D eigenvalue weighted by Gasteiger charge is -2.25. The summed E-state index contributed by atoms with van der Waals surface area (Å²) in [6.07, 6.45) is 1.65. The Labute approximate surface area is 94.4 Å². The Bertz CT molecular complexity index is 300. The molecule has 3 heterocycles. The molecule has 0 aromatic heterocycles. The molecule has 90 valence electrons. The standard InChI is InChI=1S/C11H18N2O3/c14-9-4-13(5-10(9)15)11(16)7-3-6-1-2-8(7)12-6/h6-10,12,14-15H,1-5H2/t6?,7?,8?,9-,10+. The lowest BCUT2D eigenvalue weighted by Crippen LogP contribution is -2.40. The molecule has 1 amide bonds. The van der Waals surface area contributed by atoms with E-state index in [1.165, 1.54) is 6.42 Å². The summed E-state index contributed by atoms with van der Waals surface area (Å²) in [4.78, 5) is 13.8. The quantitative estimate of drug-likeness (QED) is 0.519. The maximum absolute atomic E-state index is 12.2. The van der Waals surface area contributed by atoms with Crippen molar-refractivity contribution in [2.75, 3.05) is 13.1 Å². The van der Waals surface area contributed by atoms with Gasteiger partial charge in [-0.2, -0.15) is 0 Å². The summed E-state index contributed by atoms with van der Waals surface area (Å²) in [5, 5.41) is 22.3. The molecule has 0 aliphatic carbocycles. The first-order chi connectivity index (χ1) is 7.65. The van der Waals surface area contributed by atoms with Crippen molar-refractivity contribution in [1.29, 1.82) is 0 Å². The number of aliphatic hydroxyl groups excluding tert-OH is 2. The van der Waals surface area contributed by atoms with Crippen molar-refractivity contribution >= 4 is 5.91 Å². The van der Waals surface area contributed by atoms with Gasteiger partial charge < -0.3 is 20.4 Å². The number of likely N-dealkylation sites (tertiary alicyclic amines) is 1. The fraction of sp³-hybridized carbons (Fsp3) is 0.909. The lowest BCUT2D eigenvalue weighted by molar-refractivity contribution is -0.135. The molecule has 5 atom stereocenters. The van der Waals surface area contributed by atoms with Crippen LogP contribution in [-0.4, -0.2) is 58.4 Å². The zero-order valence-corrected chi connectivity index (χ0v) is 9.17. The molecule has 3 saturated heterocycles. The molecule has 16 heavy (non-hydrogen) atoms. The second kappa shape index (κ2) is 3.68. The fourth-order valence-electron chi connectivity index (χ4n) is 3.28. The molecule has 3 fully saturated rings. The van der Waals surface area contributed by atoms with Gasteiger partial charge in [0.2, 0.25) is 5.91 Å². The number of hydrogen-bond acceptors (Lipinski definition) is 4. The van der Waals surface area contributed by atoms with Crippen LogP contribution in [0.4, 0.5) is 0 Å². The third-order valence-electron chi connectivity index (χ3n) is 4.19. The average molecular weight is 226 g/mol. The van der Waals surface area contributed by atoms with Gasteiger partial charge in [-0.1, -0.05) is 0 Å². The summed E-state index contributed by atoms with van der Waals surface area (Å²) in [6, 6.07) is 0.837. The van der Waals surface area contributed by atoms with E-state index in [0.717, 1.165) is 12.8 Å². The minimum absolute atomic E-state index is 0.0660. The van der Waals surface area contributed by atoms with E-state index in [0.29, 0.717) is 12.1 Å². The van der Waals surface area contributed by atoms with E-state index < -0.39 is 12.2 Å². The number of aliphatic hydroxyl groups is 2. The van der Waals surface area contributed by atoms with Crippen molar-refractivity contribution in [2.24, 2.45) is 5.92 Å². The van der Waals surface area contributed by atoms with Gasteiger partial charge in [0.15, 0.2) is 0 Å². The Morgan fingerprint density at radius 2 is 1.88 bits per heavy atom. The summed E-state index contributed by atoms with van der Waals surface area (Å²) in [6.45, 7) is 0.571. The SMILES string of the molecule is O=C(C1CC2CCC1N2)N1C[C@@H](O)[C@@H](O)C1. The van der Waals surface area contributed by atoms with Crippen LogP contribution in [0.5, 0.6) is 0 Å². The molecule has 5 heteroatoms. The Hall–Kier alpha value is -0.650. The zero-order chi connectivity index (χ0) is 11.3. The van der Waals surface area contributed by atoms with Crippen LogP contribution in [0.1, 0.15) is 19.3 Å². The smallest absolute Gasteiger partial charge is 0.227 e. The average Bonchev–Trinajstić information content (AvgIpc) is 2.94. The maximum Gasteiger partial charge on any atom is 0.227 e. The number of carbonyl (C=O) groups excluding carboxylic acids is 1. The number of hydrogen-bond donors (Lipinski definition) is 3. The normalized spacial score (nSPS) is 46.6. The number of carbonyl (C=O) groups is 1. The van der Waals surface area contributed by atoms with Crippen LogP contribution < -0.4 is 5.32 Å². The monoisotopic (exact) mass is 226 g/mol. The first kappa shape index (κ1) is 10.5. The molecule has 3 aliphatic rings. The third kappa shape index (κ3) is 1.54. The van der Waals surface area contributed by atoms with E-state index in [1.54, 1.807) is 4.90 Å². The highest BCUT2D eigenvalue weighted by molar-refractivity contribution is 5.80. The molecule has 2 bridgehead atoms. The van der Waals surface area contributed by atoms with Crippen LogP contribution in [0, 0.1) is 5.92 Å². The second-order valence-electron chi connectivity index (χ2n) is 5.27. The Balaban J connectivity index is 1.66. The Morgan fingerprint density at radius 1 is 1.19 bits per heavy atom. The van der Waals surface area contributed by atoms with Gasteiger partial charge in [0, 0.05) is 25.2 Å². The fourth-order valence-corrected chi connectivity index (χ4v) is 3.28. The van der Waals surface area contributed by atoms with Gasteiger partial charge in [-0.05, 0) is 19.3 Å². The number of nitrogens with one attached hydrogen (secondary N) is 1. The van der Waals surface area contributed by atoms with Gasteiger partial charge in [-0.15, -0.1) is 0 Å².